The quantitative estimate of drug-likeness (QED) is 0.289. The zero-order chi connectivity index (χ0) is 24.9. The Balaban J connectivity index is 0.00000361. The lowest BCUT2D eigenvalue weighted by atomic mass is 9.94. The second-order valence-electron chi connectivity index (χ2n) is 9.04. The van der Waals surface area contributed by atoms with Gasteiger partial charge in [0.2, 0.25) is 11.8 Å². The number of carbonyl (C=O) groups is 2. The molecule has 4 N–H and O–H groups in total. The third kappa shape index (κ3) is 6.45. The summed E-state index contributed by atoms with van der Waals surface area (Å²) in [6.07, 6.45) is 3.13. The number of sulfone groups is 1. The molecule has 0 bridgehead atoms. The van der Waals surface area contributed by atoms with Gasteiger partial charge in [0.1, 0.15) is 11.4 Å². The third-order valence-corrected chi connectivity index (χ3v) is 10.7. The van der Waals surface area contributed by atoms with Crippen LogP contribution in [0.5, 0.6) is 0 Å². The number of carbonyl (C=O) groups excluding carboxylic acids is 2. The summed E-state index contributed by atoms with van der Waals surface area (Å²) in [6.45, 7) is 1.78. The summed E-state index contributed by atoms with van der Waals surface area (Å²) >= 11 is 1.32. The maximum Gasteiger partial charge on any atom is 0.250 e. The highest BCUT2D eigenvalue weighted by molar-refractivity contribution is 7.92. The van der Waals surface area contributed by atoms with Crippen molar-refractivity contribution in [2.75, 3.05) is 30.8 Å². The first-order valence-electron chi connectivity index (χ1n) is 11.8. The van der Waals surface area contributed by atoms with E-state index in [0.29, 0.717) is 29.8 Å². The Morgan fingerprint density at radius 3 is 2.64 bits per heavy atom. The number of piperidine rings is 1. The molecule has 2 fully saturated rings. The number of anilines is 1. The average molecular weight is 558 g/mol. The van der Waals surface area contributed by atoms with Crippen LogP contribution >= 0.6 is 23.7 Å². The molecule has 1 atom stereocenters. The number of thiophene rings is 1. The Labute approximate surface area is 221 Å². The molecule has 2 aliphatic heterocycles. The van der Waals surface area contributed by atoms with Gasteiger partial charge in [0.15, 0.2) is 9.84 Å². The molecule has 0 spiro atoms. The van der Waals surface area contributed by atoms with Gasteiger partial charge in [-0.05, 0) is 68.6 Å². The van der Waals surface area contributed by atoms with Crippen LogP contribution in [0, 0.1) is 0 Å². The Bertz CT molecular complexity index is 1170. The fraction of sp³-hybridized carbons (Fsp3) is 0.500. The van der Waals surface area contributed by atoms with Crippen molar-refractivity contribution in [1.82, 2.24) is 10.8 Å². The molecule has 9 nitrogen and oxygen atoms in total. The highest BCUT2D eigenvalue weighted by Gasteiger charge is 2.49. The van der Waals surface area contributed by atoms with Crippen LogP contribution in [-0.4, -0.2) is 57.0 Å². The number of ether oxygens (including phenoxy) is 1. The van der Waals surface area contributed by atoms with E-state index in [1.54, 1.807) is 17.6 Å². The first-order valence-corrected chi connectivity index (χ1v) is 14.3. The van der Waals surface area contributed by atoms with Gasteiger partial charge in [0.05, 0.1) is 18.3 Å². The van der Waals surface area contributed by atoms with Crippen LogP contribution in [0.3, 0.4) is 0 Å². The first kappa shape index (κ1) is 28.5. The van der Waals surface area contributed by atoms with E-state index < -0.39 is 20.5 Å². The van der Waals surface area contributed by atoms with Crippen molar-refractivity contribution in [2.24, 2.45) is 0 Å². The predicted octanol–water partition coefficient (Wildman–Crippen LogP) is 3.23. The lowest BCUT2D eigenvalue weighted by Gasteiger charge is -2.35. The van der Waals surface area contributed by atoms with Crippen LogP contribution in [0.2, 0.25) is 0 Å². The fourth-order valence-electron chi connectivity index (χ4n) is 4.76. The van der Waals surface area contributed by atoms with E-state index in [0.717, 1.165) is 36.4 Å². The van der Waals surface area contributed by atoms with Crippen LogP contribution in [0.25, 0.3) is 10.4 Å². The zero-order valence-electron chi connectivity index (χ0n) is 19.8. The van der Waals surface area contributed by atoms with E-state index in [1.807, 2.05) is 24.3 Å². The van der Waals surface area contributed by atoms with Crippen LogP contribution in [0.4, 0.5) is 5.69 Å². The summed E-state index contributed by atoms with van der Waals surface area (Å²) in [4.78, 5) is 25.8. The molecule has 0 unspecified atom stereocenters. The second kappa shape index (κ2) is 12.5. The topological polar surface area (TPSA) is 134 Å². The molecule has 2 amide bonds. The van der Waals surface area contributed by atoms with E-state index in [9.17, 15) is 18.0 Å². The molecule has 198 valence electrons. The average Bonchev–Trinajstić information content (AvgIpc) is 3.36. The van der Waals surface area contributed by atoms with Gasteiger partial charge < -0.3 is 15.4 Å². The van der Waals surface area contributed by atoms with E-state index in [4.69, 9.17) is 9.94 Å². The van der Waals surface area contributed by atoms with Gasteiger partial charge in [-0.3, -0.25) is 14.8 Å². The number of halogens is 1. The predicted molar refractivity (Wildman–Crippen MR) is 141 cm³/mol. The normalized spacial score (nSPS) is 21.8. The summed E-state index contributed by atoms with van der Waals surface area (Å²) in [5, 5.41) is 15.2. The number of hydrogen-bond acceptors (Lipinski definition) is 8. The summed E-state index contributed by atoms with van der Waals surface area (Å²) in [5.41, 5.74) is 3.04. The molecule has 2 aliphatic rings. The Morgan fingerprint density at radius 2 is 1.92 bits per heavy atom. The minimum absolute atomic E-state index is 0. The van der Waals surface area contributed by atoms with E-state index >= 15 is 0 Å². The van der Waals surface area contributed by atoms with Gasteiger partial charge in [-0.2, -0.15) is 0 Å². The van der Waals surface area contributed by atoms with E-state index in [1.165, 1.54) is 11.3 Å². The molecule has 1 aromatic carbocycles. The molecule has 12 heteroatoms. The summed E-state index contributed by atoms with van der Waals surface area (Å²) in [6, 6.07) is 10.9. The van der Waals surface area contributed by atoms with Crippen molar-refractivity contribution in [1.29, 1.82) is 0 Å². The lowest BCUT2D eigenvalue weighted by molar-refractivity contribution is -0.130. The Morgan fingerprint density at radius 1 is 1.14 bits per heavy atom. The number of benzene rings is 1. The summed E-state index contributed by atoms with van der Waals surface area (Å²) < 4.78 is 30.6. The molecule has 1 aromatic heterocycles. The number of amides is 2. The molecule has 36 heavy (non-hydrogen) atoms. The van der Waals surface area contributed by atoms with Crippen molar-refractivity contribution in [2.45, 2.75) is 49.4 Å². The van der Waals surface area contributed by atoms with Crippen LogP contribution in [-0.2, 0) is 28.9 Å². The van der Waals surface area contributed by atoms with Crippen molar-refractivity contribution in [3.05, 3.63) is 41.3 Å². The fourth-order valence-corrected chi connectivity index (χ4v) is 8.53. The standard InChI is InChI=1S/C24H31N3O6S2.ClH/c28-22(27-30)15-24(10-1-2-13-35(24,31)32)21-7-6-20(34-21)17-4-3-5-18(14-17)26-23(29)16-33-19-8-11-25-12-9-19;/h3-7,14,19,25,30H,1-2,8-13,15-16H2,(H,26,29)(H,27,28);1H/t24-;/m0./s1. The summed E-state index contributed by atoms with van der Waals surface area (Å²) in [5.74, 6) is -0.934. The van der Waals surface area contributed by atoms with Crippen molar-refractivity contribution < 1.29 is 28.0 Å². The van der Waals surface area contributed by atoms with Crippen molar-refractivity contribution in [3.8, 4) is 10.4 Å². The van der Waals surface area contributed by atoms with Crippen LogP contribution < -0.4 is 16.1 Å². The van der Waals surface area contributed by atoms with E-state index in [-0.39, 0.29) is 43.2 Å². The molecule has 0 aliphatic carbocycles. The maximum absolute atomic E-state index is 13.1. The molecule has 0 saturated carbocycles. The zero-order valence-corrected chi connectivity index (χ0v) is 22.3. The summed E-state index contributed by atoms with van der Waals surface area (Å²) in [7, 11) is -3.59. The van der Waals surface area contributed by atoms with Crippen LogP contribution in [0.1, 0.15) is 43.4 Å². The molecular weight excluding hydrogens is 526 g/mol. The Kier molecular flexibility index (Phi) is 9.90. The highest BCUT2D eigenvalue weighted by atomic mass is 35.5. The first-order chi connectivity index (χ1) is 16.8. The van der Waals surface area contributed by atoms with Gasteiger partial charge in [0.25, 0.3) is 0 Å². The Hall–Kier alpha value is -2.02. The number of hydrogen-bond donors (Lipinski definition) is 4. The SMILES string of the molecule is Cl.O=C(C[C@]1(c2ccc(-c3cccc(NC(=O)COC4CCNCC4)c3)s2)CCCCS1(=O)=O)NO. The van der Waals surface area contributed by atoms with E-state index in [2.05, 4.69) is 10.6 Å². The number of nitrogens with one attached hydrogen (secondary N) is 3. The molecule has 4 rings (SSSR count). The molecule has 2 saturated heterocycles. The van der Waals surface area contributed by atoms with Gasteiger partial charge in [-0.1, -0.05) is 18.6 Å². The highest BCUT2D eigenvalue weighted by Crippen LogP contribution is 2.47. The number of hydroxylamine groups is 1. The lowest BCUT2D eigenvalue weighted by Crippen LogP contribution is -2.43. The number of rotatable bonds is 8. The monoisotopic (exact) mass is 557 g/mol. The largest absolute Gasteiger partial charge is 0.368 e. The minimum atomic E-state index is -3.59. The van der Waals surface area contributed by atoms with Crippen LogP contribution in [0.15, 0.2) is 36.4 Å². The minimum Gasteiger partial charge on any atom is -0.368 e. The molecular formula is C24H32ClN3O6S2. The molecule has 0 radical (unpaired) electrons. The third-order valence-electron chi connectivity index (χ3n) is 6.63. The van der Waals surface area contributed by atoms with Gasteiger partial charge in [-0.25, -0.2) is 13.9 Å². The maximum atomic E-state index is 13.1. The van der Waals surface area contributed by atoms with Gasteiger partial charge >= 0.3 is 0 Å². The molecule has 3 heterocycles. The molecule has 2 aromatic rings. The smallest absolute Gasteiger partial charge is 0.250 e. The van der Waals surface area contributed by atoms with Crippen molar-refractivity contribution in [3.63, 3.8) is 0 Å². The van der Waals surface area contributed by atoms with Crippen molar-refractivity contribution >= 4 is 51.1 Å². The van der Waals surface area contributed by atoms with Gasteiger partial charge in [-0.15, -0.1) is 23.7 Å². The van der Waals surface area contributed by atoms with Gasteiger partial charge in [0, 0.05) is 15.4 Å². The second-order valence-corrected chi connectivity index (χ2v) is 12.5.